The molecule has 2 aromatic rings. The zero-order chi connectivity index (χ0) is 17.2. The standard InChI is InChI=1S/C12H19N5O4S2/c1-4-23(19,20)21-5-6-22-8-17-7-15(2)9-10(17)14-12(13)16(3)11(9)18/h7H,4-6,8H2,1-3H3,(H-,13,14,18)/p+1. The summed E-state index contributed by atoms with van der Waals surface area (Å²) in [4.78, 5) is 16.5. The SMILES string of the molecule is CCS(=O)(=O)OCCSC[n+]1cn(C)c2c(=O)n(C)c(N)nc21. The van der Waals surface area contributed by atoms with Gasteiger partial charge in [-0.3, -0.25) is 18.1 Å². The van der Waals surface area contributed by atoms with Crippen LogP contribution >= 0.6 is 11.8 Å². The van der Waals surface area contributed by atoms with E-state index in [1.54, 1.807) is 29.6 Å². The van der Waals surface area contributed by atoms with E-state index in [9.17, 15) is 13.2 Å². The fraction of sp³-hybridized carbons (Fsp3) is 0.583. The van der Waals surface area contributed by atoms with Gasteiger partial charge in [-0.15, -0.1) is 11.8 Å². The minimum absolute atomic E-state index is 0.0395. The molecule has 0 fully saturated rings. The van der Waals surface area contributed by atoms with Crippen molar-refractivity contribution in [1.29, 1.82) is 0 Å². The van der Waals surface area contributed by atoms with Crippen LogP contribution in [0.15, 0.2) is 11.1 Å². The highest BCUT2D eigenvalue weighted by molar-refractivity contribution is 7.98. The highest BCUT2D eigenvalue weighted by Gasteiger charge is 2.21. The second kappa shape index (κ2) is 6.89. The molecule has 0 aromatic carbocycles. The molecule has 0 spiro atoms. The maximum absolute atomic E-state index is 12.2. The van der Waals surface area contributed by atoms with Crippen LogP contribution < -0.4 is 15.9 Å². The van der Waals surface area contributed by atoms with Crippen LogP contribution in [0.3, 0.4) is 0 Å². The van der Waals surface area contributed by atoms with Crippen LogP contribution in [0.2, 0.25) is 0 Å². The maximum atomic E-state index is 12.2. The lowest BCUT2D eigenvalue weighted by Gasteiger charge is -2.02. The molecule has 0 radical (unpaired) electrons. The van der Waals surface area contributed by atoms with E-state index in [1.165, 1.54) is 23.3 Å². The molecule has 0 unspecified atom stereocenters. The number of aryl methyl sites for hydroxylation is 1. The summed E-state index contributed by atoms with van der Waals surface area (Å²) >= 11 is 1.47. The molecule has 9 nitrogen and oxygen atoms in total. The van der Waals surface area contributed by atoms with Gasteiger partial charge in [-0.2, -0.15) is 8.42 Å². The quantitative estimate of drug-likeness (QED) is 0.390. The van der Waals surface area contributed by atoms with Gasteiger partial charge < -0.3 is 5.73 Å². The molecule has 128 valence electrons. The van der Waals surface area contributed by atoms with Crippen molar-refractivity contribution >= 4 is 39.0 Å². The number of fused-ring (bicyclic) bond motifs is 1. The molecule has 0 amide bonds. The molecular weight excluding hydrogens is 342 g/mol. The number of nitrogens with zero attached hydrogens (tertiary/aromatic N) is 4. The molecule has 2 aromatic heterocycles. The van der Waals surface area contributed by atoms with Crippen molar-refractivity contribution in [1.82, 2.24) is 14.1 Å². The van der Waals surface area contributed by atoms with Crippen molar-refractivity contribution < 1.29 is 17.2 Å². The Hall–Kier alpha value is -1.59. The Bertz CT molecular complexity index is 872. The van der Waals surface area contributed by atoms with E-state index in [0.29, 0.717) is 22.8 Å². The van der Waals surface area contributed by atoms with Crippen molar-refractivity contribution in [3.05, 3.63) is 16.7 Å². The van der Waals surface area contributed by atoms with Crippen LogP contribution in [0.25, 0.3) is 11.2 Å². The van der Waals surface area contributed by atoms with E-state index in [2.05, 4.69) is 4.98 Å². The number of imidazole rings is 1. The van der Waals surface area contributed by atoms with Gasteiger partial charge in [-0.1, -0.05) is 4.98 Å². The third-order valence-corrected chi connectivity index (χ3v) is 5.44. The van der Waals surface area contributed by atoms with Gasteiger partial charge in [0.15, 0.2) is 6.33 Å². The average molecular weight is 362 g/mol. The van der Waals surface area contributed by atoms with Gasteiger partial charge in [0, 0.05) is 12.8 Å². The minimum atomic E-state index is -3.41. The number of hydrogen-bond acceptors (Lipinski definition) is 7. The summed E-state index contributed by atoms with van der Waals surface area (Å²) < 4.78 is 32.0. The van der Waals surface area contributed by atoms with Crippen LogP contribution in [-0.4, -0.2) is 40.6 Å². The maximum Gasteiger partial charge on any atom is 0.312 e. The Kier molecular flexibility index (Phi) is 5.32. The van der Waals surface area contributed by atoms with E-state index in [1.807, 2.05) is 0 Å². The average Bonchev–Trinajstić information content (AvgIpc) is 2.80. The van der Waals surface area contributed by atoms with Gasteiger partial charge in [0.1, 0.15) is 5.88 Å². The molecule has 2 heterocycles. The normalized spacial score (nSPS) is 12.1. The molecular formula is C12H20N5O4S2+. The molecule has 0 aliphatic heterocycles. The predicted molar refractivity (Wildman–Crippen MR) is 88.4 cm³/mol. The lowest BCUT2D eigenvalue weighted by molar-refractivity contribution is -0.652. The molecule has 2 rings (SSSR count). The van der Waals surface area contributed by atoms with E-state index >= 15 is 0 Å². The molecule has 0 aliphatic rings. The zero-order valence-electron chi connectivity index (χ0n) is 13.2. The van der Waals surface area contributed by atoms with Crippen molar-refractivity contribution in [3.8, 4) is 0 Å². The fourth-order valence-corrected chi connectivity index (χ4v) is 3.31. The number of nitrogen functional groups attached to an aromatic ring is 1. The molecule has 0 aliphatic carbocycles. The first-order chi connectivity index (χ1) is 10.8. The zero-order valence-corrected chi connectivity index (χ0v) is 14.9. The summed E-state index contributed by atoms with van der Waals surface area (Å²) in [6.07, 6.45) is 1.76. The summed E-state index contributed by atoms with van der Waals surface area (Å²) in [7, 11) is -0.0736. The Morgan fingerprint density at radius 1 is 1.43 bits per heavy atom. The summed E-state index contributed by atoms with van der Waals surface area (Å²) in [6.45, 7) is 1.65. The van der Waals surface area contributed by atoms with Crippen LogP contribution in [0.4, 0.5) is 5.95 Å². The van der Waals surface area contributed by atoms with Crippen LogP contribution in [0.1, 0.15) is 6.92 Å². The van der Waals surface area contributed by atoms with Crippen molar-refractivity contribution in [2.75, 3.05) is 23.8 Å². The summed E-state index contributed by atoms with van der Waals surface area (Å²) in [5.74, 6) is 1.11. The highest BCUT2D eigenvalue weighted by Crippen LogP contribution is 2.08. The van der Waals surface area contributed by atoms with Crippen molar-refractivity contribution in [2.24, 2.45) is 14.1 Å². The lowest BCUT2D eigenvalue weighted by atomic mass is 10.5. The van der Waals surface area contributed by atoms with Gasteiger partial charge in [0.2, 0.25) is 5.52 Å². The number of anilines is 1. The van der Waals surface area contributed by atoms with Gasteiger partial charge in [0.25, 0.3) is 16.1 Å². The lowest BCUT2D eigenvalue weighted by Crippen LogP contribution is -2.33. The van der Waals surface area contributed by atoms with E-state index < -0.39 is 10.1 Å². The Morgan fingerprint density at radius 3 is 2.78 bits per heavy atom. The number of rotatable bonds is 7. The Morgan fingerprint density at radius 2 is 2.13 bits per heavy atom. The molecule has 0 atom stereocenters. The monoisotopic (exact) mass is 362 g/mol. The number of thioether (sulfide) groups is 1. The van der Waals surface area contributed by atoms with Crippen molar-refractivity contribution in [3.63, 3.8) is 0 Å². The number of hydrogen-bond donors (Lipinski definition) is 1. The fourth-order valence-electron chi connectivity index (χ4n) is 1.99. The smallest absolute Gasteiger partial charge is 0.312 e. The molecule has 2 N–H and O–H groups in total. The molecule has 0 saturated heterocycles. The third kappa shape index (κ3) is 3.85. The van der Waals surface area contributed by atoms with E-state index in [4.69, 9.17) is 9.92 Å². The molecule has 11 heteroatoms. The molecule has 0 saturated carbocycles. The molecule has 0 bridgehead atoms. The Balaban J connectivity index is 2.09. The van der Waals surface area contributed by atoms with Crippen molar-refractivity contribution in [2.45, 2.75) is 12.8 Å². The Labute approximate surface area is 138 Å². The summed E-state index contributed by atoms with van der Waals surface area (Å²) in [5.41, 5.74) is 6.50. The second-order valence-electron chi connectivity index (χ2n) is 4.91. The number of aromatic nitrogens is 4. The second-order valence-corrected chi connectivity index (χ2v) is 7.91. The topological polar surface area (TPSA) is 113 Å². The van der Waals surface area contributed by atoms with Crippen LogP contribution in [-0.2, 0) is 34.3 Å². The van der Waals surface area contributed by atoms with Crippen LogP contribution in [0.5, 0.6) is 0 Å². The van der Waals surface area contributed by atoms with Crippen LogP contribution in [0, 0.1) is 0 Å². The third-order valence-electron chi connectivity index (χ3n) is 3.29. The van der Waals surface area contributed by atoms with E-state index in [0.717, 1.165) is 0 Å². The summed E-state index contributed by atoms with van der Waals surface area (Å²) in [6, 6.07) is 0. The van der Waals surface area contributed by atoms with Gasteiger partial charge in [-0.05, 0) is 6.92 Å². The summed E-state index contributed by atoms with van der Waals surface area (Å²) in [5, 5.41) is 0. The molecule has 23 heavy (non-hydrogen) atoms. The van der Waals surface area contributed by atoms with Gasteiger partial charge in [0.05, 0.1) is 19.4 Å². The number of nitrogens with two attached hydrogens (primary N) is 1. The largest absolute Gasteiger partial charge is 0.355 e. The first kappa shape index (κ1) is 17.8. The minimum Gasteiger partial charge on any atom is -0.355 e. The first-order valence-electron chi connectivity index (χ1n) is 6.92. The van der Waals surface area contributed by atoms with Gasteiger partial charge >= 0.3 is 11.2 Å². The predicted octanol–water partition coefficient (Wildman–Crippen LogP) is -0.801. The highest BCUT2D eigenvalue weighted by atomic mass is 32.2. The van der Waals surface area contributed by atoms with E-state index in [-0.39, 0.29) is 23.9 Å². The first-order valence-corrected chi connectivity index (χ1v) is 9.66. The van der Waals surface area contributed by atoms with Gasteiger partial charge in [-0.25, -0.2) is 4.57 Å².